The van der Waals surface area contributed by atoms with Crippen molar-refractivity contribution in [3.63, 3.8) is 0 Å². The van der Waals surface area contributed by atoms with E-state index >= 15 is 0 Å². The summed E-state index contributed by atoms with van der Waals surface area (Å²) in [5.41, 5.74) is 0.763. The Morgan fingerprint density at radius 3 is 2.42 bits per heavy atom. The Kier molecular flexibility index (Phi) is 6.26. The third-order valence-electron chi connectivity index (χ3n) is 3.24. The van der Waals surface area contributed by atoms with Crippen LogP contribution in [-0.4, -0.2) is 6.10 Å². The summed E-state index contributed by atoms with van der Waals surface area (Å²) in [6, 6.07) is 2.80. The largest absolute Gasteiger partial charge is 0.487 e. The van der Waals surface area contributed by atoms with E-state index in [0.29, 0.717) is 12.3 Å². The lowest BCUT2D eigenvalue weighted by Crippen LogP contribution is -2.16. The van der Waals surface area contributed by atoms with Gasteiger partial charge in [0.25, 0.3) is 0 Å². The van der Waals surface area contributed by atoms with Crippen LogP contribution in [-0.2, 0) is 6.42 Å². The Bertz CT molecular complexity index is 400. The lowest BCUT2D eigenvalue weighted by atomic mass is 10.1. The summed E-state index contributed by atoms with van der Waals surface area (Å²) in [5.74, 6) is -1.05. The van der Waals surface area contributed by atoms with Crippen molar-refractivity contribution in [1.29, 1.82) is 0 Å². The molecule has 3 heteroatoms. The van der Waals surface area contributed by atoms with Crippen LogP contribution in [0.5, 0.6) is 5.75 Å². The van der Waals surface area contributed by atoms with Crippen LogP contribution in [0.3, 0.4) is 0 Å². The quantitative estimate of drug-likeness (QED) is 0.721. The minimum atomic E-state index is -0.844. The van der Waals surface area contributed by atoms with Gasteiger partial charge in [-0.25, -0.2) is 4.39 Å². The van der Waals surface area contributed by atoms with E-state index in [1.165, 1.54) is 6.07 Å². The second kappa shape index (κ2) is 7.46. The smallest absolute Gasteiger partial charge is 0.200 e. The summed E-state index contributed by atoms with van der Waals surface area (Å²) in [5, 5.41) is 0. The molecule has 108 valence electrons. The standard InChI is InChI=1S/C14H18F2O.C2H6/c1-3-4-11-7-8-12(15)13(16)14(11)17-9(2)10-5-6-10;1-2/h7-10H,3-6H2,1-2H3;1-2H3. The molecule has 1 unspecified atom stereocenters. The molecule has 0 aromatic heterocycles. The van der Waals surface area contributed by atoms with Crippen molar-refractivity contribution in [2.45, 2.75) is 59.5 Å². The van der Waals surface area contributed by atoms with E-state index in [-0.39, 0.29) is 11.9 Å². The first-order valence-corrected chi connectivity index (χ1v) is 7.27. The van der Waals surface area contributed by atoms with Crippen LogP contribution < -0.4 is 4.74 Å². The first-order chi connectivity index (χ1) is 9.13. The number of benzene rings is 1. The van der Waals surface area contributed by atoms with Crippen LogP contribution in [0.25, 0.3) is 0 Å². The van der Waals surface area contributed by atoms with Gasteiger partial charge in [0.15, 0.2) is 11.6 Å². The Hall–Kier alpha value is -1.12. The van der Waals surface area contributed by atoms with Gasteiger partial charge >= 0.3 is 0 Å². The van der Waals surface area contributed by atoms with Gasteiger partial charge in [0.05, 0.1) is 6.10 Å². The summed E-state index contributed by atoms with van der Waals surface area (Å²) >= 11 is 0. The molecule has 19 heavy (non-hydrogen) atoms. The summed E-state index contributed by atoms with van der Waals surface area (Å²) < 4.78 is 32.6. The van der Waals surface area contributed by atoms with E-state index in [0.717, 1.165) is 24.8 Å². The molecule has 1 fully saturated rings. The average Bonchev–Trinajstić information content (AvgIpc) is 3.25. The molecule has 0 aliphatic heterocycles. The molecule has 0 heterocycles. The van der Waals surface area contributed by atoms with Crippen molar-refractivity contribution in [3.05, 3.63) is 29.3 Å². The molecular weight excluding hydrogens is 246 g/mol. The maximum atomic E-state index is 13.7. The third-order valence-corrected chi connectivity index (χ3v) is 3.24. The van der Waals surface area contributed by atoms with E-state index in [1.807, 2.05) is 27.7 Å². The van der Waals surface area contributed by atoms with Crippen molar-refractivity contribution < 1.29 is 13.5 Å². The van der Waals surface area contributed by atoms with E-state index < -0.39 is 11.6 Å². The maximum absolute atomic E-state index is 13.7. The van der Waals surface area contributed by atoms with Crippen LogP contribution in [0.15, 0.2) is 12.1 Å². The van der Waals surface area contributed by atoms with Gasteiger partial charge in [0.2, 0.25) is 5.82 Å². The molecular formula is C16H24F2O. The molecule has 1 aliphatic carbocycles. The van der Waals surface area contributed by atoms with E-state index in [4.69, 9.17) is 4.74 Å². The SMILES string of the molecule is CC.CCCc1ccc(F)c(F)c1OC(C)C1CC1. The van der Waals surface area contributed by atoms with E-state index in [2.05, 4.69) is 0 Å². The minimum absolute atomic E-state index is 0.0260. The van der Waals surface area contributed by atoms with Gasteiger partial charge in [0, 0.05) is 0 Å². The van der Waals surface area contributed by atoms with Crippen molar-refractivity contribution in [2.24, 2.45) is 5.92 Å². The van der Waals surface area contributed by atoms with Crippen molar-refractivity contribution in [1.82, 2.24) is 0 Å². The molecule has 1 atom stereocenters. The molecule has 1 aromatic carbocycles. The lowest BCUT2D eigenvalue weighted by molar-refractivity contribution is 0.185. The fourth-order valence-corrected chi connectivity index (χ4v) is 2.01. The van der Waals surface area contributed by atoms with Gasteiger partial charge < -0.3 is 4.74 Å². The molecule has 2 rings (SSSR count). The first kappa shape index (κ1) is 15.9. The zero-order valence-corrected chi connectivity index (χ0v) is 12.3. The summed E-state index contributed by atoms with van der Waals surface area (Å²) in [4.78, 5) is 0. The number of rotatable bonds is 5. The molecule has 0 N–H and O–H groups in total. The predicted molar refractivity (Wildman–Crippen MR) is 74.5 cm³/mol. The highest BCUT2D eigenvalue weighted by Crippen LogP contribution is 2.36. The van der Waals surface area contributed by atoms with Crippen molar-refractivity contribution in [2.75, 3.05) is 0 Å². The summed E-state index contributed by atoms with van der Waals surface area (Å²) in [7, 11) is 0. The van der Waals surface area contributed by atoms with Gasteiger partial charge in [-0.05, 0) is 43.7 Å². The van der Waals surface area contributed by atoms with Gasteiger partial charge in [-0.1, -0.05) is 33.3 Å². The Morgan fingerprint density at radius 2 is 1.89 bits per heavy atom. The monoisotopic (exact) mass is 270 g/mol. The number of hydrogen-bond acceptors (Lipinski definition) is 1. The number of ether oxygens (including phenoxy) is 1. The fraction of sp³-hybridized carbons (Fsp3) is 0.625. The fourth-order valence-electron chi connectivity index (χ4n) is 2.01. The Morgan fingerprint density at radius 1 is 1.26 bits per heavy atom. The highest BCUT2D eigenvalue weighted by atomic mass is 19.2. The van der Waals surface area contributed by atoms with Crippen molar-refractivity contribution >= 4 is 0 Å². The summed E-state index contributed by atoms with van der Waals surface area (Å²) in [6.45, 7) is 7.94. The van der Waals surface area contributed by atoms with Gasteiger partial charge in [0.1, 0.15) is 0 Å². The first-order valence-electron chi connectivity index (χ1n) is 7.27. The Balaban J connectivity index is 0.000000861. The molecule has 1 nitrogen and oxygen atoms in total. The van der Waals surface area contributed by atoms with Crippen LogP contribution >= 0.6 is 0 Å². The van der Waals surface area contributed by atoms with Crippen molar-refractivity contribution in [3.8, 4) is 5.75 Å². The van der Waals surface area contributed by atoms with Crippen LogP contribution in [0.1, 0.15) is 52.5 Å². The van der Waals surface area contributed by atoms with E-state index in [9.17, 15) is 8.78 Å². The Labute approximate surface area is 115 Å². The molecule has 1 saturated carbocycles. The lowest BCUT2D eigenvalue weighted by Gasteiger charge is -2.17. The topological polar surface area (TPSA) is 9.23 Å². The number of halogens is 2. The number of aryl methyl sites for hydroxylation is 1. The van der Waals surface area contributed by atoms with Gasteiger partial charge in [-0.2, -0.15) is 4.39 Å². The molecule has 0 amide bonds. The molecule has 0 saturated heterocycles. The molecule has 1 aliphatic rings. The van der Waals surface area contributed by atoms with Crippen LogP contribution in [0.2, 0.25) is 0 Å². The highest BCUT2D eigenvalue weighted by molar-refractivity contribution is 5.36. The van der Waals surface area contributed by atoms with Crippen LogP contribution in [0.4, 0.5) is 8.78 Å². The van der Waals surface area contributed by atoms with E-state index in [1.54, 1.807) is 6.07 Å². The normalized spacial score (nSPS) is 15.5. The zero-order chi connectivity index (χ0) is 14.4. The summed E-state index contributed by atoms with van der Waals surface area (Å²) in [6.07, 6.45) is 3.83. The molecule has 0 spiro atoms. The van der Waals surface area contributed by atoms with Gasteiger partial charge in [-0.15, -0.1) is 0 Å². The average molecular weight is 270 g/mol. The second-order valence-corrected chi connectivity index (χ2v) is 4.76. The minimum Gasteiger partial charge on any atom is -0.487 e. The molecule has 0 radical (unpaired) electrons. The highest BCUT2D eigenvalue weighted by Gasteiger charge is 2.30. The number of hydrogen-bond donors (Lipinski definition) is 0. The maximum Gasteiger partial charge on any atom is 0.200 e. The second-order valence-electron chi connectivity index (χ2n) is 4.76. The zero-order valence-electron chi connectivity index (χ0n) is 12.3. The third kappa shape index (κ3) is 4.19. The molecule has 0 bridgehead atoms. The van der Waals surface area contributed by atoms with Crippen LogP contribution in [0, 0.1) is 17.6 Å². The predicted octanol–water partition coefficient (Wildman–Crippen LogP) is 5.12. The van der Waals surface area contributed by atoms with Gasteiger partial charge in [-0.3, -0.25) is 0 Å². The molecule has 1 aromatic rings.